The normalized spacial score (nSPS) is 11.8. The monoisotopic (exact) mass is 220 g/mol. The van der Waals surface area contributed by atoms with Crippen LogP contribution < -0.4 is 11.1 Å². The van der Waals surface area contributed by atoms with E-state index in [9.17, 15) is 0 Å². The van der Waals surface area contributed by atoms with Crippen molar-refractivity contribution in [3.05, 3.63) is 35.4 Å². The van der Waals surface area contributed by atoms with Crippen LogP contribution in [-0.4, -0.2) is 5.54 Å². The Morgan fingerprint density at radius 1 is 1.06 bits per heavy atom. The van der Waals surface area contributed by atoms with Crippen LogP contribution in [0.15, 0.2) is 24.3 Å². The number of rotatable bonds is 6. The number of hydrogen-bond donors (Lipinski definition) is 2. The fourth-order valence-corrected chi connectivity index (χ4v) is 1.61. The van der Waals surface area contributed by atoms with Crippen LogP contribution in [0.1, 0.15) is 44.7 Å². The summed E-state index contributed by atoms with van der Waals surface area (Å²) in [4.78, 5) is 0. The summed E-state index contributed by atoms with van der Waals surface area (Å²) < 4.78 is 0. The average Bonchev–Trinajstić information content (AvgIpc) is 2.36. The summed E-state index contributed by atoms with van der Waals surface area (Å²) in [6.45, 7) is 8.29. The lowest BCUT2D eigenvalue weighted by Crippen LogP contribution is -2.40. The van der Waals surface area contributed by atoms with Gasteiger partial charge < -0.3 is 11.1 Å². The van der Waals surface area contributed by atoms with Crippen molar-refractivity contribution in [1.29, 1.82) is 0 Å². The highest BCUT2D eigenvalue weighted by molar-refractivity contribution is 5.22. The largest absolute Gasteiger partial charge is 0.326 e. The zero-order valence-electron chi connectivity index (χ0n) is 10.7. The lowest BCUT2D eigenvalue weighted by Gasteiger charge is -2.28. The van der Waals surface area contributed by atoms with Crippen LogP contribution in [0, 0.1) is 0 Å². The average molecular weight is 220 g/mol. The number of nitrogens with one attached hydrogen (secondary N) is 1. The second-order valence-corrected chi connectivity index (χ2v) is 4.64. The van der Waals surface area contributed by atoms with Crippen molar-refractivity contribution < 1.29 is 0 Å². The van der Waals surface area contributed by atoms with Crippen molar-refractivity contribution in [3.8, 4) is 0 Å². The van der Waals surface area contributed by atoms with E-state index in [0.717, 1.165) is 19.4 Å². The van der Waals surface area contributed by atoms with Gasteiger partial charge in [0, 0.05) is 18.6 Å². The highest BCUT2D eigenvalue weighted by atomic mass is 15.0. The summed E-state index contributed by atoms with van der Waals surface area (Å²) >= 11 is 0. The summed E-state index contributed by atoms with van der Waals surface area (Å²) in [7, 11) is 0. The molecule has 0 amide bonds. The third-order valence-electron chi connectivity index (χ3n) is 3.54. The van der Waals surface area contributed by atoms with Crippen molar-refractivity contribution in [3.63, 3.8) is 0 Å². The highest BCUT2D eigenvalue weighted by Gasteiger charge is 2.17. The van der Waals surface area contributed by atoms with Gasteiger partial charge in [0.1, 0.15) is 0 Å². The van der Waals surface area contributed by atoms with Crippen molar-refractivity contribution in [2.45, 2.75) is 52.2 Å². The fraction of sp³-hybridized carbons (Fsp3) is 0.571. The van der Waals surface area contributed by atoms with Gasteiger partial charge in [-0.25, -0.2) is 0 Å². The molecule has 2 nitrogen and oxygen atoms in total. The van der Waals surface area contributed by atoms with E-state index >= 15 is 0 Å². The van der Waals surface area contributed by atoms with Crippen molar-refractivity contribution >= 4 is 0 Å². The smallest absolute Gasteiger partial charge is 0.0210 e. The molecule has 0 unspecified atom stereocenters. The van der Waals surface area contributed by atoms with Gasteiger partial charge in [0.15, 0.2) is 0 Å². The Morgan fingerprint density at radius 2 is 1.56 bits per heavy atom. The highest BCUT2D eigenvalue weighted by Crippen LogP contribution is 2.14. The van der Waals surface area contributed by atoms with Crippen molar-refractivity contribution in [2.75, 3.05) is 0 Å². The van der Waals surface area contributed by atoms with Crippen LogP contribution in [0.5, 0.6) is 0 Å². The summed E-state index contributed by atoms with van der Waals surface area (Å²) in [6, 6.07) is 8.51. The molecule has 0 fully saturated rings. The molecule has 0 atom stereocenters. The lowest BCUT2D eigenvalue weighted by atomic mass is 9.95. The molecule has 1 aromatic carbocycles. The Hall–Kier alpha value is -0.860. The van der Waals surface area contributed by atoms with Gasteiger partial charge in [-0.05, 0) is 30.9 Å². The Bertz CT molecular complexity index is 299. The molecule has 0 aromatic heterocycles. The van der Waals surface area contributed by atoms with E-state index in [1.165, 1.54) is 11.1 Å². The van der Waals surface area contributed by atoms with E-state index in [1.807, 2.05) is 0 Å². The molecule has 0 bridgehead atoms. The van der Waals surface area contributed by atoms with Gasteiger partial charge in [-0.15, -0.1) is 0 Å². The van der Waals surface area contributed by atoms with Gasteiger partial charge in [-0.1, -0.05) is 38.1 Å². The maximum atomic E-state index is 5.57. The second kappa shape index (κ2) is 6.02. The van der Waals surface area contributed by atoms with Crippen LogP contribution in [0.2, 0.25) is 0 Å². The molecule has 0 aliphatic heterocycles. The van der Waals surface area contributed by atoms with Crippen LogP contribution in [0.4, 0.5) is 0 Å². The second-order valence-electron chi connectivity index (χ2n) is 4.64. The lowest BCUT2D eigenvalue weighted by molar-refractivity contribution is 0.329. The molecule has 1 rings (SSSR count). The van der Waals surface area contributed by atoms with Crippen LogP contribution in [0.25, 0.3) is 0 Å². The number of nitrogens with two attached hydrogens (primary N) is 1. The standard InChI is InChI=1S/C14H24N2/c1-4-14(3,5-2)16-11-13-8-6-12(10-15)7-9-13/h6-9,16H,4-5,10-11,15H2,1-3H3. The minimum atomic E-state index is 0.256. The van der Waals surface area contributed by atoms with Gasteiger partial charge in [0.25, 0.3) is 0 Å². The Kier molecular flexibility index (Phi) is 4.97. The summed E-state index contributed by atoms with van der Waals surface area (Å²) in [5, 5.41) is 3.62. The molecule has 3 N–H and O–H groups in total. The number of benzene rings is 1. The first kappa shape index (κ1) is 13.2. The Labute approximate surface area is 99.2 Å². The zero-order chi connectivity index (χ0) is 12.0. The van der Waals surface area contributed by atoms with E-state index in [-0.39, 0.29) is 5.54 Å². The molecule has 0 saturated carbocycles. The van der Waals surface area contributed by atoms with Crippen molar-refractivity contribution in [2.24, 2.45) is 5.73 Å². The Balaban J connectivity index is 2.54. The topological polar surface area (TPSA) is 38.0 Å². The van der Waals surface area contributed by atoms with Crippen LogP contribution in [-0.2, 0) is 13.1 Å². The predicted octanol–water partition coefficient (Wildman–Crippen LogP) is 2.81. The predicted molar refractivity (Wildman–Crippen MR) is 70.2 cm³/mol. The Morgan fingerprint density at radius 3 is 2.00 bits per heavy atom. The quantitative estimate of drug-likeness (QED) is 0.773. The molecule has 2 heteroatoms. The number of hydrogen-bond acceptors (Lipinski definition) is 2. The summed E-state index contributed by atoms with van der Waals surface area (Å²) in [5.74, 6) is 0. The molecular formula is C14H24N2. The third-order valence-corrected chi connectivity index (χ3v) is 3.54. The maximum Gasteiger partial charge on any atom is 0.0210 e. The third kappa shape index (κ3) is 3.62. The molecule has 0 aliphatic carbocycles. The molecule has 0 radical (unpaired) electrons. The first-order valence-electron chi connectivity index (χ1n) is 6.16. The van der Waals surface area contributed by atoms with E-state index < -0.39 is 0 Å². The molecule has 0 aliphatic rings. The summed E-state index contributed by atoms with van der Waals surface area (Å²) in [6.07, 6.45) is 2.31. The minimum Gasteiger partial charge on any atom is -0.326 e. The first-order chi connectivity index (χ1) is 7.63. The SMILES string of the molecule is CCC(C)(CC)NCc1ccc(CN)cc1. The van der Waals surface area contributed by atoms with E-state index in [1.54, 1.807) is 0 Å². The van der Waals surface area contributed by atoms with Gasteiger partial charge in [-0.2, -0.15) is 0 Å². The fourth-order valence-electron chi connectivity index (χ4n) is 1.61. The molecule has 90 valence electrons. The summed E-state index contributed by atoms with van der Waals surface area (Å²) in [5.41, 5.74) is 8.34. The van der Waals surface area contributed by atoms with E-state index in [4.69, 9.17) is 5.73 Å². The van der Waals surface area contributed by atoms with Gasteiger partial charge in [0.2, 0.25) is 0 Å². The van der Waals surface area contributed by atoms with Gasteiger partial charge in [-0.3, -0.25) is 0 Å². The van der Waals surface area contributed by atoms with E-state index in [0.29, 0.717) is 6.54 Å². The zero-order valence-corrected chi connectivity index (χ0v) is 10.7. The molecule has 1 aromatic rings. The molecule has 16 heavy (non-hydrogen) atoms. The minimum absolute atomic E-state index is 0.256. The molecule has 0 spiro atoms. The van der Waals surface area contributed by atoms with Gasteiger partial charge >= 0.3 is 0 Å². The first-order valence-corrected chi connectivity index (χ1v) is 6.16. The van der Waals surface area contributed by atoms with Crippen LogP contribution in [0.3, 0.4) is 0 Å². The van der Waals surface area contributed by atoms with Gasteiger partial charge in [0.05, 0.1) is 0 Å². The molecule has 0 saturated heterocycles. The van der Waals surface area contributed by atoms with Crippen LogP contribution >= 0.6 is 0 Å². The molecular weight excluding hydrogens is 196 g/mol. The van der Waals surface area contributed by atoms with E-state index in [2.05, 4.69) is 50.4 Å². The molecule has 0 heterocycles. The maximum absolute atomic E-state index is 5.57. The van der Waals surface area contributed by atoms with Crippen molar-refractivity contribution in [1.82, 2.24) is 5.32 Å².